The molecular weight excluding hydrogens is 250 g/mol. The summed E-state index contributed by atoms with van der Waals surface area (Å²) < 4.78 is 4.96. The lowest BCUT2D eigenvalue weighted by Gasteiger charge is -2.02. The van der Waals surface area contributed by atoms with Gasteiger partial charge in [-0.05, 0) is 26.0 Å². The van der Waals surface area contributed by atoms with E-state index in [2.05, 4.69) is 10.5 Å². The van der Waals surface area contributed by atoms with Crippen LogP contribution in [-0.2, 0) is 0 Å². The molecule has 1 aromatic heterocycles. The van der Waals surface area contributed by atoms with E-state index in [4.69, 9.17) is 4.52 Å². The predicted octanol–water partition coefficient (Wildman–Crippen LogP) is 2.45. The standard InChI is InChI=1S/C12H11N3O4/c1-7-8(2)14-19-12(7)13-11(16)9-3-5-10(6-4-9)15(17)18/h3-6H,1-2H3,(H,13,16). The van der Waals surface area contributed by atoms with Crippen LogP contribution in [0.25, 0.3) is 0 Å². The molecule has 0 aliphatic heterocycles. The lowest BCUT2D eigenvalue weighted by molar-refractivity contribution is -0.384. The van der Waals surface area contributed by atoms with Crippen LogP contribution in [0.3, 0.4) is 0 Å². The fourth-order valence-electron chi connectivity index (χ4n) is 1.44. The fraction of sp³-hybridized carbons (Fsp3) is 0.167. The van der Waals surface area contributed by atoms with Crippen molar-refractivity contribution in [3.05, 3.63) is 51.2 Å². The molecule has 2 rings (SSSR count). The molecule has 1 heterocycles. The Morgan fingerprint density at radius 2 is 1.95 bits per heavy atom. The number of non-ortho nitro benzene ring substituents is 1. The molecule has 0 radical (unpaired) electrons. The zero-order valence-corrected chi connectivity index (χ0v) is 10.3. The Bertz CT molecular complexity index is 631. The summed E-state index contributed by atoms with van der Waals surface area (Å²) in [6.07, 6.45) is 0. The monoisotopic (exact) mass is 261 g/mol. The first-order valence-electron chi connectivity index (χ1n) is 5.47. The number of hydrogen-bond acceptors (Lipinski definition) is 5. The number of nitrogens with zero attached hydrogens (tertiary/aromatic N) is 2. The van der Waals surface area contributed by atoms with Crippen LogP contribution < -0.4 is 5.32 Å². The van der Waals surface area contributed by atoms with Gasteiger partial charge in [-0.2, -0.15) is 0 Å². The number of carbonyl (C=O) groups excluding carboxylic acids is 1. The van der Waals surface area contributed by atoms with Gasteiger partial charge in [0.15, 0.2) is 0 Å². The van der Waals surface area contributed by atoms with E-state index in [9.17, 15) is 14.9 Å². The molecule has 1 amide bonds. The maximum absolute atomic E-state index is 11.9. The highest BCUT2D eigenvalue weighted by Gasteiger charge is 2.14. The second-order valence-electron chi connectivity index (χ2n) is 3.98. The van der Waals surface area contributed by atoms with Crippen LogP contribution in [0, 0.1) is 24.0 Å². The third kappa shape index (κ3) is 2.59. The molecule has 0 atom stereocenters. The maximum atomic E-state index is 11.9. The highest BCUT2D eigenvalue weighted by molar-refractivity contribution is 6.03. The minimum Gasteiger partial charge on any atom is -0.338 e. The Morgan fingerprint density at radius 3 is 2.42 bits per heavy atom. The fourth-order valence-corrected chi connectivity index (χ4v) is 1.44. The Labute approximate surface area is 108 Å². The molecule has 19 heavy (non-hydrogen) atoms. The number of benzene rings is 1. The summed E-state index contributed by atoms with van der Waals surface area (Å²) in [7, 11) is 0. The molecule has 1 N–H and O–H groups in total. The van der Waals surface area contributed by atoms with Crippen molar-refractivity contribution in [2.45, 2.75) is 13.8 Å². The Balaban J connectivity index is 2.16. The van der Waals surface area contributed by atoms with Gasteiger partial charge >= 0.3 is 0 Å². The number of aromatic nitrogens is 1. The molecule has 7 nitrogen and oxygen atoms in total. The number of aryl methyl sites for hydroxylation is 1. The topological polar surface area (TPSA) is 98.3 Å². The van der Waals surface area contributed by atoms with E-state index < -0.39 is 10.8 Å². The van der Waals surface area contributed by atoms with Crippen molar-refractivity contribution in [1.29, 1.82) is 0 Å². The zero-order chi connectivity index (χ0) is 14.0. The first-order chi connectivity index (χ1) is 8.99. The van der Waals surface area contributed by atoms with Crippen molar-refractivity contribution in [2.24, 2.45) is 0 Å². The quantitative estimate of drug-likeness (QED) is 0.675. The highest BCUT2D eigenvalue weighted by Crippen LogP contribution is 2.19. The molecule has 0 unspecified atom stereocenters. The van der Waals surface area contributed by atoms with Crippen LogP contribution >= 0.6 is 0 Å². The zero-order valence-electron chi connectivity index (χ0n) is 10.3. The number of carbonyl (C=O) groups is 1. The van der Waals surface area contributed by atoms with Crippen molar-refractivity contribution in [3.8, 4) is 0 Å². The average Bonchev–Trinajstić information content (AvgIpc) is 2.71. The summed E-state index contributed by atoms with van der Waals surface area (Å²) in [5.74, 6) is -0.130. The third-order valence-corrected chi connectivity index (χ3v) is 2.72. The highest BCUT2D eigenvalue weighted by atomic mass is 16.6. The Kier molecular flexibility index (Phi) is 3.28. The second-order valence-corrected chi connectivity index (χ2v) is 3.98. The number of hydrogen-bond donors (Lipinski definition) is 1. The van der Waals surface area contributed by atoms with E-state index >= 15 is 0 Å². The van der Waals surface area contributed by atoms with Gasteiger partial charge in [-0.25, -0.2) is 0 Å². The number of nitro groups is 1. The van der Waals surface area contributed by atoms with E-state index in [-0.39, 0.29) is 11.6 Å². The van der Waals surface area contributed by atoms with Crippen molar-refractivity contribution in [3.63, 3.8) is 0 Å². The lowest BCUT2D eigenvalue weighted by Crippen LogP contribution is -2.12. The van der Waals surface area contributed by atoms with Crippen molar-refractivity contribution < 1.29 is 14.2 Å². The van der Waals surface area contributed by atoms with E-state index in [1.54, 1.807) is 13.8 Å². The molecule has 0 aliphatic carbocycles. The largest absolute Gasteiger partial charge is 0.338 e. The van der Waals surface area contributed by atoms with Crippen LogP contribution in [0.5, 0.6) is 0 Å². The van der Waals surface area contributed by atoms with Crippen LogP contribution in [0.1, 0.15) is 21.6 Å². The van der Waals surface area contributed by atoms with Gasteiger partial charge in [0.05, 0.1) is 10.6 Å². The van der Waals surface area contributed by atoms with Crippen molar-refractivity contribution >= 4 is 17.5 Å². The van der Waals surface area contributed by atoms with Gasteiger partial charge in [0.1, 0.15) is 0 Å². The summed E-state index contributed by atoms with van der Waals surface area (Å²) in [5.41, 5.74) is 1.68. The smallest absolute Gasteiger partial charge is 0.269 e. The second kappa shape index (κ2) is 4.89. The first-order valence-corrected chi connectivity index (χ1v) is 5.47. The van der Waals surface area contributed by atoms with E-state index in [0.29, 0.717) is 11.3 Å². The number of anilines is 1. The molecule has 0 bridgehead atoms. The number of nitrogens with one attached hydrogen (secondary N) is 1. The molecule has 0 spiro atoms. The number of rotatable bonds is 3. The average molecular weight is 261 g/mol. The molecule has 0 saturated heterocycles. The van der Waals surface area contributed by atoms with E-state index in [1.807, 2.05) is 0 Å². The van der Waals surface area contributed by atoms with Crippen LogP contribution in [-0.4, -0.2) is 16.0 Å². The lowest BCUT2D eigenvalue weighted by atomic mass is 10.2. The number of nitro benzene ring substituents is 1. The molecule has 7 heteroatoms. The van der Waals surface area contributed by atoms with E-state index in [0.717, 1.165) is 5.56 Å². The molecule has 0 fully saturated rings. The summed E-state index contributed by atoms with van der Waals surface area (Å²) in [5, 5.41) is 16.8. The van der Waals surface area contributed by atoms with Crippen LogP contribution in [0.15, 0.2) is 28.8 Å². The maximum Gasteiger partial charge on any atom is 0.269 e. The van der Waals surface area contributed by atoms with Crippen molar-refractivity contribution in [1.82, 2.24) is 5.16 Å². The molecule has 0 saturated carbocycles. The molecule has 98 valence electrons. The normalized spacial score (nSPS) is 10.2. The summed E-state index contributed by atoms with van der Waals surface area (Å²) >= 11 is 0. The number of amides is 1. The predicted molar refractivity (Wildman–Crippen MR) is 67.0 cm³/mol. The van der Waals surface area contributed by atoms with Gasteiger partial charge in [0, 0.05) is 23.3 Å². The molecule has 0 aliphatic rings. The molecule has 1 aromatic carbocycles. The van der Waals surface area contributed by atoms with Crippen molar-refractivity contribution in [2.75, 3.05) is 5.32 Å². The molecular formula is C12H11N3O4. The SMILES string of the molecule is Cc1noc(NC(=O)c2ccc([N+](=O)[O-])cc2)c1C. The van der Waals surface area contributed by atoms with Gasteiger partial charge in [0.25, 0.3) is 11.6 Å². The van der Waals surface area contributed by atoms with Crippen LogP contribution in [0.2, 0.25) is 0 Å². The minimum absolute atomic E-state index is 0.0664. The van der Waals surface area contributed by atoms with E-state index in [1.165, 1.54) is 24.3 Å². The van der Waals surface area contributed by atoms with Gasteiger partial charge in [-0.15, -0.1) is 0 Å². The van der Waals surface area contributed by atoms with Crippen LogP contribution in [0.4, 0.5) is 11.6 Å². The van der Waals surface area contributed by atoms with Gasteiger partial charge in [-0.3, -0.25) is 20.2 Å². The van der Waals surface area contributed by atoms with Gasteiger partial charge in [0.2, 0.25) is 5.88 Å². The Morgan fingerprint density at radius 1 is 1.32 bits per heavy atom. The summed E-state index contributed by atoms with van der Waals surface area (Å²) in [6, 6.07) is 5.30. The third-order valence-electron chi connectivity index (χ3n) is 2.72. The Hall–Kier alpha value is -2.70. The minimum atomic E-state index is -0.522. The molecule has 2 aromatic rings. The van der Waals surface area contributed by atoms with Gasteiger partial charge in [-0.1, -0.05) is 5.16 Å². The summed E-state index contributed by atoms with van der Waals surface area (Å²) in [4.78, 5) is 21.9. The first kappa shape index (κ1) is 12.7. The summed E-state index contributed by atoms with van der Waals surface area (Å²) in [6.45, 7) is 3.54. The van der Waals surface area contributed by atoms with Gasteiger partial charge < -0.3 is 4.52 Å².